The van der Waals surface area contributed by atoms with E-state index in [1.807, 2.05) is 49.4 Å². The Morgan fingerprint density at radius 2 is 1.75 bits per heavy atom. The van der Waals surface area contributed by atoms with Crippen LogP contribution in [0.25, 0.3) is 21.3 Å². The number of unbranched alkanes of at least 4 members (excludes halogenated alkanes) is 1. The van der Waals surface area contributed by atoms with Crippen LogP contribution in [0.3, 0.4) is 0 Å². The van der Waals surface area contributed by atoms with Gasteiger partial charge in [-0.3, -0.25) is 18.9 Å². The predicted octanol–water partition coefficient (Wildman–Crippen LogP) is 6.41. The predicted molar refractivity (Wildman–Crippen MR) is 162 cm³/mol. The van der Waals surface area contributed by atoms with E-state index in [1.54, 1.807) is 34.2 Å². The topological polar surface area (TPSA) is 98.1 Å². The van der Waals surface area contributed by atoms with Gasteiger partial charge >= 0.3 is 10.0 Å². The van der Waals surface area contributed by atoms with Crippen LogP contribution >= 0.6 is 11.3 Å². The van der Waals surface area contributed by atoms with Crippen molar-refractivity contribution in [2.24, 2.45) is 0 Å². The van der Waals surface area contributed by atoms with Gasteiger partial charge in [-0.2, -0.15) is 8.42 Å². The largest absolute Gasteiger partial charge is 0.300 e. The number of rotatable bonds is 9. The van der Waals surface area contributed by atoms with Crippen molar-refractivity contribution in [3.63, 3.8) is 0 Å². The van der Waals surface area contributed by atoms with Crippen LogP contribution in [0.5, 0.6) is 0 Å². The zero-order valence-corrected chi connectivity index (χ0v) is 23.9. The van der Waals surface area contributed by atoms with Gasteiger partial charge in [-0.15, -0.1) is 11.3 Å². The molecule has 0 atom stereocenters. The molecule has 0 saturated carbocycles. The van der Waals surface area contributed by atoms with Crippen molar-refractivity contribution in [1.29, 1.82) is 0 Å². The molecule has 2 aromatic heterocycles. The van der Waals surface area contributed by atoms with Crippen molar-refractivity contribution in [2.75, 3.05) is 4.72 Å². The third kappa shape index (κ3) is 5.76. The number of anilines is 1. The van der Waals surface area contributed by atoms with Crippen molar-refractivity contribution in [2.45, 2.75) is 39.7 Å². The number of aryl methyl sites for hydroxylation is 2. The lowest BCUT2D eigenvalue weighted by molar-refractivity contribution is 0.107. The second-order valence-electron chi connectivity index (χ2n) is 9.66. The summed E-state index contributed by atoms with van der Waals surface area (Å²) in [5, 5.41) is 1.40. The normalized spacial score (nSPS) is 11.6. The van der Waals surface area contributed by atoms with Crippen LogP contribution in [0.15, 0.2) is 89.0 Å². The van der Waals surface area contributed by atoms with Crippen LogP contribution in [0.4, 0.5) is 5.69 Å². The molecule has 0 aliphatic carbocycles. The molecule has 9 heteroatoms. The average Bonchev–Trinajstić information content (AvgIpc) is 3.41. The van der Waals surface area contributed by atoms with E-state index < -0.39 is 15.1 Å². The lowest BCUT2D eigenvalue weighted by Gasteiger charge is -2.14. The van der Waals surface area contributed by atoms with Crippen molar-refractivity contribution in [3.8, 4) is 10.4 Å². The van der Waals surface area contributed by atoms with Crippen LogP contribution in [0, 0.1) is 6.92 Å². The molecule has 0 spiro atoms. The first-order valence-electron chi connectivity index (χ1n) is 13.1. The van der Waals surface area contributed by atoms with E-state index in [9.17, 15) is 18.0 Å². The van der Waals surface area contributed by atoms with Crippen LogP contribution in [-0.4, -0.2) is 23.1 Å². The summed E-state index contributed by atoms with van der Waals surface area (Å²) in [5.74, 6) is 0.769. The number of carbonyl (C=O) groups is 1. The maximum Gasteiger partial charge on any atom is 0.300 e. The SMILES string of the molecule is CCCCc1nc2ccc(C)cc2c(=O)n1Cc1ccc(-c2sccc2NS(=O)(=O)C(=O)c2ccccc2)cc1. The second-order valence-corrected chi connectivity index (χ2v) is 12.2. The fraction of sp³-hybridized carbons (Fsp3) is 0.194. The molecule has 40 heavy (non-hydrogen) atoms. The molecule has 5 rings (SSSR count). The number of carbonyl (C=O) groups excluding carboxylic acids is 1. The summed E-state index contributed by atoms with van der Waals surface area (Å²) in [6.45, 7) is 4.45. The van der Waals surface area contributed by atoms with E-state index in [0.29, 0.717) is 34.4 Å². The molecule has 7 nitrogen and oxygen atoms in total. The number of fused-ring (bicyclic) bond motifs is 1. The number of nitrogens with zero attached hydrogens (tertiary/aromatic N) is 2. The molecule has 0 aliphatic heterocycles. The monoisotopic (exact) mass is 571 g/mol. The maximum absolute atomic E-state index is 13.5. The van der Waals surface area contributed by atoms with Gasteiger partial charge in [0, 0.05) is 12.0 Å². The minimum absolute atomic E-state index is 0.0538. The van der Waals surface area contributed by atoms with Crippen molar-refractivity contribution in [3.05, 3.63) is 117 Å². The van der Waals surface area contributed by atoms with Gasteiger partial charge in [0.1, 0.15) is 5.82 Å². The summed E-state index contributed by atoms with van der Waals surface area (Å²) >= 11 is 1.37. The Morgan fingerprint density at radius 3 is 2.48 bits per heavy atom. The fourth-order valence-electron chi connectivity index (χ4n) is 4.55. The third-order valence-corrected chi connectivity index (χ3v) is 8.84. The van der Waals surface area contributed by atoms with Crippen LogP contribution in [0.2, 0.25) is 0 Å². The van der Waals surface area contributed by atoms with E-state index in [4.69, 9.17) is 4.98 Å². The molecule has 3 aromatic carbocycles. The highest BCUT2D eigenvalue weighted by molar-refractivity contribution is 8.07. The van der Waals surface area contributed by atoms with Gasteiger partial charge in [0.2, 0.25) is 0 Å². The lowest BCUT2D eigenvalue weighted by atomic mass is 10.1. The number of benzene rings is 3. The van der Waals surface area contributed by atoms with Gasteiger partial charge in [0.05, 0.1) is 28.0 Å². The summed E-state index contributed by atoms with van der Waals surface area (Å²) in [5.41, 5.74) is 3.84. The lowest BCUT2D eigenvalue weighted by Crippen LogP contribution is -2.26. The maximum atomic E-state index is 13.5. The van der Waals surface area contributed by atoms with E-state index in [2.05, 4.69) is 11.6 Å². The summed E-state index contributed by atoms with van der Waals surface area (Å²) in [6.07, 6.45) is 2.65. The number of nitrogens with one attached hydrogen (secondary N) is 1. The standard InChI is InChI=1S/C31H29N3O4S2/c1-3-4-10-28-32-26-16-11-21(2)19-25(26)30(35)34(28)20-22-12-14-23(15-13-22)29-27(17-18-39-29)33-40(37,38)31(36)24-8-6-5-7-9-24/h5-9,11-19,33H,3-4,10,20H2,1-2H3. The van der Waals surface area contributed by atoms with Gasteiger partial charge < -0.3 is 0 Å². The van der Waals surface area contributed by atoms with E-state index in [0.717, 1.165) is 35.4 Å². The van der Waals surface area contributed by atoms with Crippen molar-refractivity contribution < 1.29 is 13.2 Å². The van der Waals surface area contributed by atoms with E-state index in [-0.39, 0.29) is 11.1 Å². The Labute approximate surface area is 237 Å². The fourth-order valence-corrected chi connectivity index (χ4v) is 6.47. The molecule has 0 bridgehead atoms. The number of hydrogen-bond donors (Lipinski definition) is 1. The highest BCUT2D eigenvalue weighted by atomic mass is 32.2. The average molecular weight is 572 g/mol. The smallest absolute Gasteiger partial charge is 0.292 e. The zero-order valence-electron chi connectivity index (χ0n) is 22.3. The molecule has 0 fully saturated rings. The minimum Gasteiger partial charge on any atom is -0.292 e. The van der Waals surface area contributed by atoms with Crippen LogP contribution in [0.1, 0.15) is 47.1 Å². The second kappa shape index (κ2) is 11.6. The van der Waals surface area contributed by atoms with Crippen molar-refractivity contribution >= 4 is 43.1 Å². The van der Waals surface area contributed by atoms with Gasteiger partial charge in [0.25, 0.3) is 10.7 Å². The Morgan fingerprint density at radius 1 is 1.00 bits per heavy atom. The number of thiophene rings is 1. The molecule has 5 aromatic rings. The quantitative estimate of drug-likeness (QED) is 0.221. The highest BCUT2D eigenvalue weighted by Crippen LogP contribution is 2.34. The van der Waals surface area contributed by atoms with Crippen LogP contribution < -0.4 is 10.3 Å². The molecular weight excluding hydrogens is 542 g/mol. The summed E-state index contributed by atoms with van der Waals surface area (Å²) in [4.78, 5) is 31.6. The highest BCUT2D eigenvalue weighted by Gasteiger charge is 2.25. The Bertz CT molecular complexity index is 1840. The van der Waals surface area contributed by atoms with E-state index >= 15 is 0 Å². The molecular formula is C31H29N3O4S2. The Kier molecular flexibility index (Phi) is 7.95. The molecule has 204 valence electrons. The Balaban J connectivity index is 1.41. The first-order valence-corrected chi connectivity index (χ1v) is 15.4. The third-order valence-electron chi connectivity index (χ3n) is 6.66. The summed E-state index contributed by atoms with van der Waals surface area (Å²) in [6, 6.07) is 23.0. The van der Waals surface area contributed by atoms with Crippen molar-refractivity contribution in [1.82, 2.24) is 9.55 Å². The van der Waals surface area contributed by atoms with E-state index in [1.165, 1.54) is 23.5 Å². The van der Waals surface area contributed by atoms with Gasteiger partial charge in [-0.1, -0.05) is 79.6 Å². The number of hydrogen-bond acceptors (Lipinski definition) is 6. The molecule has 0 unspecified atom stereocenters. The minimum atomic E-state index is -4.28. The first-order chi connectivity index (χ1) is 19.3. The van der Waals surface area contributed by atoms with Gasteiger partial charge in [-0.05, 0) is 48.1 Å². The first kappa shape index (κ1) is 27.5. The van der Waals surface area contributed by atoms with Gasteiger partial charge in [0.15, 0.2) is 0 Å². The molecule has 2 heterocycles. The molecule has 0 saturated heterocycles. The molecule has 0 amide bonds. The number of aromatic nitrogens is 2. The molecule has 0 radical (unpaired) electrons. The summed E-state index contributed by atoms with van der Waals surface area (Å²) in [7, 11) is -4.28. The summed E-state index contributed by atoms with van der Waals surface area (Å²) < 4.78 is 29.8. The molecule has 1 N–H and O–H groups in total. The molecule has 0 aliphatic rings. The van der Waals surface area contributed by atoms with Gasteiger partial charge in [-0.25, -0.2) is 4.98 Å². The number of sulfonamides is 1. The Hall–Kier alpha value is -4.08. The zero-order chi connectivity index (χ0) is 28.3. The van der Waals surface area contributed by atoms with Crippen LogP contribution in [-0.2, 0) is 23.0 Å².